The van der Waals surface area contributed by atoms with Crippen LogP contribution in [-0.4, -0.2) is 6.54 Å². The van der Waals surface area contributed by atoms with Gasteiger partial charge in [-0.3, -0.25) is 0 Å². The molecule has 1 aromatic carbocycles. The van der Waals surface area contributed by atoms with Crippen LogP contribution >= 0.6 is 11.3 Å². The molecule has 1 heterocycles. The molecule has 0 aliphatic heterocycles. The van der Waals surface area contributed by atoms with Gasteiger partial charge in [0.2, 0.25) is 0 Å². The van der Waals surface area contributed by atoms with Crippen LogP contribution in [0.15, 0.2) is 29.6 Å². The number of nitriles is 1. The van der Waals surface area contributed by atoms with E-state index in [4.69, 9.17) is 15.7 Å². The second-order valence-electron chi connectivity index (χ2n) is 4.19. The van der Waals surface area contributed by atoms with Crippen LogP contribution < -0.4 is 10.5 Å². The summed E-state index contributed by atoms with van der Waals surface area (Å²) < 4.78 is 5.77. The summed E-state index contributed by atoms with van der Waals surface area (Å²) in [4.78, 5) is 1.09. The van der Waals surface area contributed by atoms with Crippen LogP contribution in [0.1, 0.15) is 21.6 Å². The highest BCUT2D eigenvalue weighted by atomic mass is 32.1. The molecular formula is C16H14N2OS. The van der Waals surface area contributed by atoms with Crippen molar-refractivity contribution in [1.29, 1.82) is 5.26 Å². The lowest BCUT2D eigenvalue weighted by molar-refractivity contribution is 0.307. The van der Waals surface area contributed by atoms with Gasteiger partial charge < -0.3 is 10.5 Å². The first-order chi connectivity index (χ1) is 9.72. The monoisotopic (exact) mass is 282 g/mol. The number of ether oxygens (including phenoxy) is 1. The predicted molar refractivity (Wildman–Crippen MR) is 80.5 cm³/mol. The molecule has 0 saturated carbocycles. The van der Waals surface area contributed by atoms with E-state index in [1.807, 2.05) is 24.4 Å². The van der Waals surface area contributed by atoms with Crippen molar-refractivity contribution in [2.75, 3.05) is 6.54 Å². The number of rotatable bonds is 3. The number of thiophene rings is 1. The number of hydrogen-bond acceptors (Lipinski definition) is 4. The van der Waals surface area contributed by atoms with Gasteiger partial charge in [0.15, 0.2) is 0 Å². The number of hydrogen-bond donors (Lipinski definition) is 1. The minimum Gasteiger partial charge on any atom is -0.488 e. The molecule has 0 saturated heterocycles. The second-order valence-corrected chi connectivity index (χ2v) is 5.18. The van der Waals surface area contributed by atoms with Gasteiger partial charge in [-0.25, -0.2) is 0 Å². The van der Waals surface area contributed by atoms with E-state index in [2.05, 4.69) is 17.9 Å². The Bertz CT molecular complexity index is 701. The summed E-state index contributed by atoms with van der Waals surface area (Å²) in [5.41, 5.74) is 7.92. The van der Waals surface area contributed by atoms with Crippen molar-refractivity contribution in [2.24, 2.45) is 5.73 Å². The largest absolute Gasteiger partial charge is 0.488 e. The molecular weight excluding hydrogens is 268 g/mol. The maximum absolute atomic E-state index is 8.90. The topological polar surface area (TPSA) is 59.0 Å². The molecule has 0 unspecified atom stereocenters. The molecule has 2 N–H and O–H groups in total. The fourth-order valence-electron chi connectivity index (χ4n) is 1.65. The van der Waals surface area contributed by atoms with Crippen molar-refractivity contribution < 1.29 is 4.74 Å². The van der Waals surface area contributed by atoms with Crippen LogP contribution in [0, 0.1) is 30.1 Å². The van der Waals surface area contributed by atoms with Crippen LogP contribution in [0.25, 0.3) is 0 Å². The van der Waals surface area contributed by atoms with Crippen LogP contribution in [-0.2, 0) is 6.61 Å². The second kappa shape index (κ2) is 6.77. The van der Waals surface area contributed by atoms with Gasteiger partial charge in [0.25, 0.3) is 0 Å². The Morgan fingerprint density at radius 3 is 2.90 bits per heavy atom. The number of aryl methyl sites for hydroxylation is 1. The Balaban J connectivity index is 2.05. The van der Waals surface area contributed by atoms with E-state index in [1.165, 1.54) is 0 Å². The summed E-state index contributed by atoms with van der Waals surface area (Å²) in [5.74, 6) is 6.56. The van der Waals surface area contributed by atoms with E-state index in [9.17, 15) is 0 Å². The van der Waals surface area contributed by atoms with E-state index in [-0.39, 0.29) is 0 Å². The van der Waals surface area contributed by atoms with E-state index in [0.717, 1.165) is 21.8 Å². The predicted octanol–water partition coefficient (Wildman–Crippen LogP) is 2.82. The van der Waals surface area contributed by atoms with E-state index in [1.54, 1.807) is 23.5 Å². The zero-order valence-electron chi connectivity index (χ0n) is 11.1. The van der Waals surface area contributed by atoms with E-state index < -0.39 is 0 Å². The Kier molecular flexibility index (Phi) is 4.79. The van der Waals surface area contributed by atoms with Crippen molar-refractivity contribution in [3.05, 3.63) is 51.2 Å². The average Bonchev–Trinajstić information content (AvgIpc) is 2.92. The summed E-state index contributed by atoms with van der Waals surface area (Å²) in [6.07, 6.45) is 0. The lowest BCUT2D eigenvalue weighted by atomic mass is 10.1. The Morgan fingerprint density at radius 2 is 2.15 bits per heavy atom. The van der Waals surface area contributed by atoms with Gasteiger partial charge in [0.1, 0.15) is 12.4 Å². The Labute approximate surface area is 122 Å². The molecule has 2 aromatic rings. The number of nitrogens with two attached hydrogens (primary N) is 1. The molecule has 1 aromatic heterocycles. The molecule has 0 fully saturated rings. The highest BCUT2D eigenvalue weighted by molar-refractivity contribution is 7.10. The lowest BCUT2D eigenvalue weighted by Crippen LogP contribution is -1.95. The highest BCUT2D eigenvalue weighted by Crippen LogP contribution is 2.22. The first-order valence-electron chi connectivity index (χ1n) is 6.13. The maximum Gasteiger partial charge on any atom is 0.124 e. The highest BCUT2D eigenvalue weighted by Gasteiger charge is 2.04. The van der Waals surface area contributed by atoms with Gasteiger partial charge in [-0.1, -0.05) is 17.9 Å². The van der Waals surface area contributed by atoms with Gasteiger partial charge in [-0.15, -0.1) is 11.3 Å². The summed E-state index contributed by atoms with van der Waals surface area (Å²) in [5, 5.41) is 10.9. The first-order valence-corrected chi connectivity index (χ1v) is 7.01. The van der Waals surface area contributed by atoms with Gasteiger partial charge in [0, 0.05) is 15.8 Å². The van der Waals surface area contributed by atoms with Crippen molar-refractivity contribution in [3.8, 4) is 23.7 Å². The van der Waals surface area contributed by atoms with Crippen LogP contribution in [0.4, 0.5) is 0 Å². The first kappa shape index (κ1) is 14.1. The quantitative estimate of drug-likeness (QED) is 0.881. The third kappa shape index (κ3) is 3.61. The van der Waals surface area contributed by atoms with Crippen molar-refractivity contribution in [1.82, 2.24) is 0 Å². The molecule has 0 amide bonds. The molecule has 0 aliphatic rings. The maximum atomic E-state index is 8.90. The smallest absolute Gasteiger partial charge is 0.124 e. The lowest BCUT2D eigenvalue weighted by Gasteiger charge is -2.07. The third-order valence-corrected chi connectivity index (χ3v) is 3.59. The van der Waals surface area contributed by atoms with Crippen LogP contribution in [0.5, 0.6) is 5.75 Å². The average molecular weight is 282 g/mol. The molecule has 4 heteroatoms. The van der Waals surface area contributed by atoms with Gasteiger partial charge in [0.05, 0.1) is 18.2 Å². The SMILES string of the molecule is Cc1ccc(C#N)cc1OCc1cc(C#CCN)cs1. The third-order valence-electron chi connectivity index (χ3n) is 2.68. The van der Waals surface area contributed by atoms with Crippen LogP contribution in [0.3, 0.4) is 0 Å². The van der Waals surface area contributed by atoms with E-state index in [0.29, 0.717) is 18.7 Å². The molecule has 100 valence electrons. The van der Waals surface area contributed by atoms with Gasteiger partial charge >= 0.3 is 0 Å². The number of nitrogens with zero attached hydrogens (tertiary/aromatic N) is 1. The summed E-state index contributed by atoms with van der Waals surface area (Å²) in [7, 11) is 0. The summed E-state index contributed by atoms with van der Waals surface area (Å²) in [6, 6.07) is 9.55. The number of benzene rings is 1. The zero-order valence-corrected chi connectivity index (χ0v) is 12.0. The standard InChI is InChI=1S/C16H14N2OS/c1-12-4-5-13(9-18)8-16(12)19-10-15-7-14(11-20-15)3-2-6-17/h4-5,7-8,11H,6,10,17H2,1H3. The van der Waals surface area contributed by atoms with Gasteiger partial charge in [-0.2, -0.15) is 5.26 Å². The fourth-order valence-corrected chi connectivity index (χ4v) is 2.38. The molecule has 20 heavy (non-hydrogen) atoms. The van der Waals surface area contributed by atoms with Crippen molar-refractivity contribution >= 4 is 11.3 Å². The summed E-state index contributed by atoms with van der Waals surface area (Å²) >= 11 is 1.60. The molecule has 0 bridgehead atoms. The van der Waals surface area contributed by atoms with Crippen LogP contribution in [0.2, 0.25) is 0 Å². The molecule has 0 aliphatic carbocycles. The molecule has 3 nitrogen and oxygen atoms in total. The fraction of sp³-hybridized carbons (Fsp3) is 0.188. The molecule has 0 atom stereocenters. The zero-order chi connectivity index (χ0) is 14.4. The van der Waals surface area contributed by atoms with Crippen molar-refractivity contribution in [2.45, 2.75) is 13.5 Å². The summed E-state index contributed by atoms with van der Waals surface area (Å²) in [6.45, 7) is 2.80. The molecule has 2 rings (SSSR count). The Morgan fingerprint density at radius 1 is 1.30 bits per heavy atom. The van der Waals surface area contributed by atoms with Crippen molar-refractivity contribution in [3.63, 3.8) is 0 Å². The minimum atomic E-state index is 0.363. The Hall–Kier alpha value is -2.27. The minimum absolute atomic E-state index is 0.363. The molecule has 0 spiro atoms. The van der Waals surface area contributed by atoms with E-state index >= 15 is 0 Å². The molecule has 0 radical (unpaired) electrons. The van der Waals surface area contributed by atoms with Gasteiger partial charge in [-0.05, 0) is 30.7 Å². The normalized spacial score (nSPS) is 9.45.